The Balaban J connectivity index is 2.41. The molecule has 5 heteroatoms. The van der Waals surface area contributed by atoms with Gasteiger partial charge in [-0.05, 0) is 12.1 Å². The third-order valence-electron chi connectivity index (χ3n) is 2.22. The molecule has 0 unspecified atom stereocenters. The van der Waals surface area contributed by atoms with Gasteiger partial charge in [0.25, 0.3) is 5.89 Å². The highest BCUT2D eigenvalue weighted by molar-refractivity contribution is 5.54. The van der Waals surface area contributed by atoms with E-state index in [0.717, 1.165) is 0 Å². The first kappa shape index (κ1) is 11.3. The molecule has 0 atom stereocenters. The topological polar surface area (TPSA) is 75.6 Å². The van der Waals surface area contributed by atoms with Gasteiger partial charge in [0, 0.05) is 17.2 Å². The van der Waals surface area contributed by atoms with Crippen LogP contribution in [-0.2, 0) is 5.41 Å². The smallest absolute Gasteiger partial charge is 0.258 e. The lowest BCUT2D eigenvalue weighted by Gasteiger charge is -2.10. The molecule has 0 fully saturated rings. The van der Waals surface area contributed by atoms with Crippen LogP contribution >= 0.6 is 0 Å². The minimum Gasteiger partial charge on any atom is -0.334 e. The Morgan fingerprint density at radius 2 is 2.12 bits per heavy atom. The van der Waals surface area contributed by atoms with Crippen molar-refractivity contribution in [2.45, 2.75) is 26.2 Å². The van der Waals surface area contributed by atoms with Crippen molar-refractivity contribution < 1.29 is 4.52 Å². The second-order valence-electron chi connectivity index (χ2n) is 4.71. The monoisotopic (exact) mass is 228 g/mol. The zero-order chi connectivity index (χ0) is 12.5. The molecule has 17 heavy (non-hydrogen) atoms. The Morgan fingerprint density at radius 1 is 1.35 bits per heavy atom. The summed E-state index contributed by atoms with van der Waals surface area (Å²) in [6, 6.07) is 5.34. The molecule has 86 valence electrons. The zero-order valence-electron chi connectivity index (χ0n) is 9.93. The number of rotatable bonds is 1. The maximum absolute atomic E-state index is 8.76. The Bertz CT molecular complexity index is 575. The molecule has 0 N–H and O–H groups in total. The second-order valence-corrected chi connectivity index (χ2v) is 4.71. The quantitative estimate of drug-likeness (QED) is 0.748. The lowest BCUT2D eigenvalue weighted by atomic mass is 9.96. The van der Waals surface area contributed by atoms with Gasteiger partial charge in [-0.1, -0.05) is 25.9 Å². The van der Waals surface area contributed by atoms with Crippen molar-refractivity contribution in [3.63, 3.8) is 0 Å². The van der Waals surface area contributed by atoms with Crippen LogP contribution in [0.2, 0.25) is 0 Å². The van der Waals surface area contributed by atoms with E-state index in [-0.39, 0.29) is 5.41 Å². The number of nitrogens with zero attached hydrogens (tertiary/aromatic N) is 4. The van der Waals surface area contributed by atoms with Gasteiger partial charge in [-0.2, -0.15) is 10.2 Å². The van der Waals surface area contributed by atoms with Crippen molar-refractivity contribution in [3.05, 3.63) is 29.8 Å². The first-order valence-electron chi connectivity index (χ1n) is 5.21. The van der Waals surface area contributed by atoms with E-state index < -0.39 is 0 Å². The first-order chi connectivity index (χ1) is 8.00. The molecule has 0 saturated carbocycles. The SMILES string of the molecule is CC(C)(C)c1noc(-c2ccnc(C#N)c2)n1. The molecule has 0 saturated heterocycles. The normalized spacial score (nSPS) is 11.2. The summed E-state index contributed by atoms with van der Waals surface area (Å²) in [4.78, 5) is 8.20. The highest BCUT2D eigenvalue weighted by Gasteiger charge is 2.21. The molecule has 0 amide bonds. The van der Waals surface area contributed by atoms with Gasteiger partial charge in [0.05, 0.1) is 0 Å². The lowest BCUT2D eigenvalue weighted by molar-refractivity contribution is 0.402. The molecule has 0 aromatic carbocycles. The van der Waals surface area contributed by atoms with E-state index in [0.29, 0.717) is 23.0 Å². The van der Waals surface area contributed by atoms with Crippen LogP contribution in [0.1, 0.15) is 32.3 Å². The number of hydrogen-bond donors (Lipinski definition) is 0. The van der Waals surface area contributed by atoms with Crippen molar-refractivity contribution in [1.82, 2.24) is 15.1 Å². The van der Waals surface area contributed by atoms with Crippen LogP contribution in [0.3, 0.4) is 0 Å². The largest absolute Gasteiger partial charge is 0.334 e. The molecule has 2 rings (SSSR count). The molecule has 5 nitrogen and oxygen atoms in total. The van der Waals surface area contributed by atoms with E-state index in [1.54, 1.807) is 18.3 Å². The van der Waals surface area contributed by atoms with Gasteiger partial charge in [-0.3, -0.25) is 0 Å². The summed E-state index contributed by atoms with van der Waals surface area (Å²) in [5.74, 6) is 1.05. The molecule has 0 radical (unpaired) electrons. The molecule has 0 aliphatic heterocycles. The number of nitriles is 1. The van der Waals surface area contributed by atoms with Gasteiger partial charge in [-0.25, -0.2) is 4.98 Å². The fourth-order valence-electron chi connectivity index (χ4n) is 1.27. The van der Waals surface area contributed by atoms with Crippen molar-refractivity contribution in [2.75, 3.05) is 0 Å². The zero-order valence-corrected chi connectivity index (χ0v) is 9.93. The van der Waals surface area contributed by atoms with Gasteiger partial charge < -0.3 is 4.52 Å². The Labute approximate surface area is 99.1 Å². The van der Waals surface area contributed by atoms with Crippen molar-refractivity contribution in [2.24, 2.45) is 0 Å². The van der Waals surface area contributed by atoms with Gasteiger partial charge in [0.1, 0.15) is 11.8 Å². The highest BCUT2D eigenvalue weighted by atomic mass is 16.5. The maximum atomic E-state index is 8.76. The number of aromatic nitrogens is 3. The van der Waals surface area contributed by atoms with Crippen molar-refractivity contribution in [3.8, 4) is 17.5 Å². The maximum Gasteiger partial charge on any atom is 0.258 e. The van der Waals surface area contributed by atoms with E-state index >= 15 is 0 Å². The molecule has 0 aliphatic rings. The van der Waals surface area contributed by atoms with Crippen LogP contribution in [-0.4, -0.2) is 15.1 Å². The predicted molar refractivity (Wildman–Crippen MR) is 60.9 cm³/mol. The summed E-state index contributed by atoms with van der Waals surface area (Å²) in [5, 5.41) is 12.7. The summed E-state index contributed by atoms with van der Waals surface area (Å²) in [6.45, 7) is 6.03. The molecule has 2 aromatic heterocycles. The standard InChI is InChI=1S/C12H12N4O/c1-12(2,3)11-15-10(17-16-11)8-4-5-14-9(6-8)7-13/h4-6H,1-3H3. The summed E-state index contributed by atoms with van der Waals surface area (Å²) >= 11 is 0. The van der Waals surface area contributed by atoms with Gasteiger partial charge in [-0.15, -0.1) is 0 Å². The Kier molecular flexibility index (Phi) is 2.64. The van der Waals surface area contributed by atoms with Gasteiger partial charge in [0.15, 0.2) is 5.82 Å². The average Bonchev–Trinajstić information content (AvgIpc) is 2.78. The van der Waals surface area contributed by atoms with E-state index in [9.17, 15) is 0 Å². The van der Waals surface area contributed by atoms with Crippen molar-refractivity contribution >= 4 is 0 Å². The Morgan fingerprint density at radius 3 is 2.71 bits per heavy atom. The van der Waals surface area contributed by atoms with E-state index in [1.165, 1.54) is 0 Å². The van der Waals surface area contributed by atoms with Crippen LogP contribution < -0.4 is 0 Å². The molecule has 0 spiro atoms. The third-order valence-corrected chi connectivity index (χ3v) is 2.22. The first-order valence-corrected chi connectivity index (χ1v) is 5.21. The minimum absolute atomic E-state index is 0.160. The van der Waals surface area contributed by atoms with Crippen LogP contribution in [0.15, 0.2) is 22.9 Å². The average molecular weight is 228 g/mol. The molecular formula is C12H12N4O. The van der Waals surface area contributed by atoms with Crippen LogP contribution in [0.4, 0.5) is 0 Å². The summed E-state index contributed by atoms with van der Waals surface area (Å²) in [5.41, 5.74) is 0.880. The highest BCUT2D eigenvalue weighted by Crippen LogP contribution is 2.23. The minimum atomic E-state index is -0.160. The lowest BCUT2D eigenvalue weighted by Crippen LogP contribution is -2.13. The van der Waals surface area contributed by atoms with Gasteiger partial charge in [0.2, 0.25) is 0 Å². The molecule has 0 aliphatic carbocycles. The summed E-state index contributed by atoms with van der Waals surface area (Å²) in [6.07, 6.45) is 1.55. The molecule has 2 heterocycles. The van der Waals surface area contributed by atoms with Crippen LogP contribution in [0.25, 0.3) is 11.5 Å². The van der Waals surface area contributed by atoms with Gasteiger partial charge >= 0.3 is 0 Å². The Hall–Kier alpha value is -2.22. The number of hydrogen-bond acceptors (Lipinski definition) is 5. The van der Waals surface area contributed by atoms with E-state index in [4.69, 9.17) is 9.78 Å². The van der Waals surface area contributed by atoms with Crippen LogP contribution in [0.5, 0.6) is 0 Å². The predicted octanol–water partition coefficient (Wildman–Crippen LogP) is 2.30. The molecule has 0 bridgehead atoms. The fraction of sp³-hybridized carbons (Fsp3) is 0.333. The summed E-state index contributed by atoms with van der Waals surface area (Å²) in [7, 11) is 0. The number of pyridine rings is 1. The van der Waals surface area contributed by atoms with Crippen LogP contribution in [0, 0.1) is 11.3 Å². The van der Waals surface area contributed by atoms with Crippen molar-refractivity contribution in [1.29, 1.82) is 5.26 Å². The van der Waals surface area contributed by atoms with E-state index in [1.807, 2.05) is 26.8 Å². The molecule has 2 aromatic rings. The van der Waals surface area contributed by atoms with E-state index in [2.05, 4.69) is 15.1 Å². The molecular weight excluding hydrogens is 216 g/mol. The fourth-order valence-corrected chi connectivity index (χ4v) is 1.27. The second kappa shape index (κ2) is 3.98. The third kappa shape index (κ3) is 2.31. The summed E-state index contributed by atoms with van der Waals surface area (Å²) < 4.78 is 5.18.